The van der Waals surface area contributed by atoms with Gasteiger partial charge >= 0.3 is 11.9 Å². The molecule has 0 saturated carbocycles. The zero-order chi connectivity index (χ0) is 13.4. The van der Waals surface area contributed by atoms with Gasteiger partial charge in [0.25, 0.3) is 0 Å². The van der Waals surface area contributed by atoms with Crippen LogP contribution >= 0.6 is 11.8 Å². The highest BCUT2D eigenvalue weighted by Crippen LogP contribution is 2.28. The Balaban J connectivity index is 4.60. The minimum atomic E-state index is -0.865. The lowest BCUT2D eigenvalue weighted by Crippen LogP contribution is -2.30. The van der Waals surface area contributed by atoms with Gasteiger partial charge in [-0.15, -0.1) is 11.8 Å². The van der Waals surface area contributed by atoms with Gasteiger partial charge in [-0.1, -0.05) is 27.2 Å². The van der Waals surface area contributed by atoms with Crippen LogP contribution in [0.4, 0.5) is 0 Å². The molecule has 2 unspecified atom stereocenters. The SMILES string of the molecule is CCCC(SC(C(=O)O)C(C)C)C(=O)OCC. The summed E-state index contributed by atoms with van der Waals surface area (Å²) < 4.78 is 4.96. The Labute approximate surface area is 107 Å². The number of ether oxygens (including phenoxy) is 1. The van der Waals surface area contributed by atoms with Crippen LogP contribution in [0.5, 0.6) is 0 Å². The van der Waals surface area contributed by atoms with Crippen LogP contribution in [-0.4, -0.2) is 34.2 Å². The topological polar surface area (TPSA) is 63.6 Å². The summed E-state index contributed by atoms with van der Waals surface area (Å²) in [4.78, 5) is 22.8. The van der Waals surface area contributed by atoms with Gasteiger partial charge in [-0.2, -0.15) is 0 Å². The van der Waals surface area contributed by atoms with Crippen LogP contribution in [0.15, 0.2) is 0 Å². The van der Waals surface area contributed by atoms with Crippen molar-refractivity contribution in [3.8, 4) is 0 Å². The molecular weight excluding hydrogens is 240 g/mol. The fourth-order valence-corrected chi connectivity index (χ4v) is 2.75. The van der Waals surface area contributed by atoms with E-state index in [-0.39, 0.29) is 17.1 Å². The number of hydrogen-bond donors (Lipinski definition) is 1. The molecule has 0 bridgehead atoms. The molecule has 17 heavy (non-hydrogen) atoms. The Hall–Kier alpha value is -0.710. The summed E-state index contributed by atoms with van der Waals surface area (Å²) in [5.41, 5.74) is 0. The fraction of sp³-hybridized carbons (Fsp3) is 0.833. The van der Waals surface area contributed by atoms with E-state index in [9.17, 15) is 9.59 Å². The number of carbonyl (C=O) groups excluding carboxylic acids is 1. The maximum atomic E-state index is 11.7. The molecule has 0 fully saturated rings. The van der Waals surface area contributed by atoms with Crippen molar-refractivity contribution in [1.82, 2.24) is 0 Å². The first-order valence-corrected chi connectivity index (χ1v) is 6.93. The number of esters is 1. The maximum Gasteiger partial charge on any atom is 0.319 e. The summed E-state index contributed by atoms with van der Waals surface area (Å²) in [5, 5.41) is 8.17. The quantitative estimate of drug-likeness (QED) is 0.681. The lowest BCUT2D eigenvalue weighted by atomic mass is 10.1. The standard InChI is InChI=1S/C12H22O4S/c1-5-7-9(12(15)16-6-2)17-10(8(3)4)11(13)14/h8-10H,5-7H2,1-4H3,(H,13,14). The van der Waals surface area contributed by atoms with E-state index < -0.39 is 11.2 Å². The van der Waals surface area contributed by atoms with Gasteiger partial charge in [0.05, 0.1) is 6.61 Å². The van der Waals surface area contributed by atoms with E-state index >= 15 is 0 Å². The van der Waals surface area contributed by atoms with Crippen molar-refractivity contribution >= 4 is 23.7 Å². The van der Waals surface area contributed by atoms with Crippen molar-refractivity contribution < 1.29 is 19.4 Å². The molecule has 0 aliphatic heterocycles. The maximum absolute atomic E-state index is 11.7. The smallest absolute Gasteiger partial charge is 0.319 e. The van der Waals surface area contributed by atoms with Gasteiger partial charge in [0.2, 0.25) is 0 Å². The van der Waals surface area contributed by atoms with Crippen LogP contribution in [0.2, 0.25) is 0 Å². The molecule has 5 heteroatoms. The van der Waals surface area contributed by atoms with Crippen LogP contribution in [0.3, 0.4) is 0 Å². The third-order valence-corrected chi connectivity index (χ3v) is 4.06. The van der Waals surface area contributed by atoms with E-state index in [4.69, 9.17) is 9.84 Å². The number of thioether (sulfide) groups is 1. The molecule has 0 aromatic heterocycles. The molecule has 0 rings (SSSR count). The summed E-state index contributed by atoms with van der Waals surface area (Å²) >= 11 is 1.20. The van der Waals surface area contributed by atoms with Gasteiger partial charge in [-0.05, 0) is 19.3 Å². The first kappa shape index (κ1) is 16.3. The molecular formula is C12H22O4S. The van der Waals surface area contributed by atoms with E-state index in [2.05, 4.69) is 0 Å². The van der Waals surface area contributed by atoms with E-state index in [1.807, 2.05) is 20.8 Å². The molecule has 0 saturated heterocycles. The van der Waals surface area contributed by atoms with E-state index in [1.54, 1.807) is 6.92 Å². The van der Waals surface area contributed by atoms with Crippen LogP contribution in [-0.2, 0) is 14.3 Å². The van der Waals surface area contributed by atoms with E-state index in [1.165, 1.54) is 11.8 Å². The number of rotatable bonds is 8. The third kappa shape index (κ3) is 5.96. The molecule has 0 radical (unpaired) electrons. The molecule has 0 heterocycles. The first-order valence-electron chi connectivity index (χ1n) is 5.98. The van der Waals surface area contributed by atoms with Crippen molar-refractivity contribution in [3.05, 3.63) is 0 Å². The number of hydrogen-bond acceptors (Lipinski definition) is 4. The van der Waals surface area contributed by atoms with Gasteiger partial charge in [-0.3, -0.25) is 9.59 Å². The Kier molecular flexibility index (Phi) is 8.04. The van der Waals surface area contributed by atoms with E-state index in [0.29, 0.717) is 13.0 Å². The van der Waals surface area contributed by atoms with Gasteiger partial charge in [0.1, 0.15) is 10.5 Å². The van der Waals surface area contributed by atoms with Crippen LogP contribution in [0.25, 0.3) is 0 Å². The second-order valence-electron chi connectivity index (χ2n) is 4.17. The van der Waals surface area contributed by atoms with Crippen molar-refractivity contribution in [3.63, 3.8) is 0 Å². The predicted molar refractivity (Wildman–Crippen MR) is 69.2 cm³/mol. The molecule has 0 aromatic rings. The van der Waals surface area contributed by atoms with Gasteiger partial charge < -0.3 is 9.84 Å². The zero-order valence-electron chi connectivity index (χ0n) is 10.9. The number of carboxylic acids is 1. The van der Waals surface area contributed by atoms with Crippen molar-refractivity contribution in [2.75, 3.05) is 6.61 Å². The average molecular weight is 262 g/mol. The van der Waals surface area contributed by atoms with Crippen LogP contribution in [0.1, 0.15) is 40.5 Å². The van der Waals surface area contributed by atoms with Gasteiger partial charge in [0.15, 0.2) is 0 Å². The van der Waals surface area contributed by atoms with Gasteiger partial charge in [0, 0.05) is 0 Å². The average Bonchev–Trinajstić information content (AvgIpc) is 2.23. The van der Waals surface area contributed by atoms with Crippen LogP contribution < -0.4 is 0 Å². The highest BCUT2D eigenvalue weighted by Gasteiger charge is 2.30. The summed E-state index contributed by atoms with van der Waals surface area (Å²) in [6, 6.07) is 0. The summed E-state index contributed by atoms with van der Waals surface area (Å²) in [6.07, 6.45) is 1.49. The number of aliphatic carboxylic acids is 1. The molecule has 0 amide bonds. The second kappa shape index (κ2) is 8.39. The summed E-state index contributed by atoms with van der Waals surface area (Å²) in [6.45, 7) is 7.75. The van der Waals surface area contributed by atoms with Crippen molar-refractivity contribution in [1.29, 1.82) is 0 Å². The number of carbonyl (C=O) groups is 2. The Bertz CT molecular complexity index is 253. The highest BCUT2D eigenvalue weighted by molar-refractivity contribution is 8.01. The molecule has 0 spiro atoms. The molecule has 100 valence electrons. The Morgan fingerprint density at radius 3 is 2.24 bits per heavy atom. The zero-order valence-corrected chi connectivity index (χ0v) is 11.8. The summed E-state index contributed by atoms with van der Waals surface area (Å²) in [5.74, 6) is -1.17. The molecule has 4 nitrogen and oxygen atoms in total. The third-order valence-electron chi connectivity index (χ3n) is 2.26. The van der Waals surface area contributed by atoms with Crippen LogP contribution in [0, 0.1) is 5.92 Å². The lowest BCUT2D eigenvalue weighted by molar-refractivity contribution is -0.142. The van der Waals surface area contributed by atoms with Crippen molar-refractivity contribution in [2.45, 2.75) is 51.0 Å². The molecule has 0 aliphatic rings. The monoisotopic (exact) mass is 262 g/mol. The molecule has 2 atom stereocenters. The minimum Gasteiger partial charge on any atom is -0.480 e. The first-order chi connectivity index (χ1) is 7.93. The Morgan fingerprint density at radius 2 is 1.88 bits per heavy atom. The largest absolute Gasteiger partial charge is 0.480 e. The van der Waals surface area contributed by atoms with Crippen molar-refractivity contribution in [2.24, 2.45) is 5.92 Å². The summed E-state index contributed by atoms with van der Waals surface area (Å²) in [7, 11) is 0. The van der Waals surface area contributed by atoms with Gasteiger partial charge in [-0.25, -0.2) is 0 Å². The number of carboxylic acid groups (broad SMARTS) is 1. The second-order valence-corrected chi connectivity index (χ2v) is 5.52. The normalized spacial score (nSPS) is 14.4. The molecule has 0 aliphatic carbocycles. The predicted octanol–water partition coefficient (Wildman–Crippen LogP) is 2.56. The highest BCUT2D eigenvalue weighted by atomic mass is 32.2. The van der Waals surface area contributed by atoms with E-state index in [0.717, 1.165) is 6.42 Å². The fourth-order valence-electron chi connectivity index (χ4n) is 1.42. The molecule has 0 aromatic carbocycles. The minimum absolute atomic E-state index is 0.00807. The molecule has 1 N–H and O–H groups in total. The Morgan fingerprint density at radius 1 is 1.29 bits per heavy atom. The lowest BCUT2D eigenvalue weighted by Gasteiger charge is -2.21.